The normalized spacial score (nSPS) is 10.6. The number of halogens is 1. The van der Waals surface area contributed by atoms with Gasteiger partial charge in [-0.25, -0.2) is 4.98 Å². The zero-order valence-electron chi connectivity index (χ0n) is 13.0. The molecule has 6 heteroatoms. The molecule has 1 amide bonds. The summed E-state index contributed by atoms with van der Waals surface area (Å²) in [5, 5.41) is 5.62. The number of rotatable bonds is 5. The first-order valence-corrected chi connectivity index (χ1v) is 9.60. The lowest BCUT2D eigenvalue weighted by molar-refractivity contribution is 0.102. The fourth-order valence-corrected chi connectivity index (χ4v) is 3.82. The van der Waals surface area contributed by atoms with E-state index in [4.69, 9.17) is 11.6 Å². The van der Waals surface area contributed by atoms with E-state index in [-0.39, 0.29) is 5.91 Å². The first kappa shape index (κ1) is 17.0. The van der Waals surface area contributed by atoms with Gasteiger partial charge in [0.15, 0.2) is 0 Å². The average molecular weight is 375 g/mol. The van der Waals surface area contributed by atoms with Crippen LogP contribution in [0.3, 0.4) is 0 Å². The first-order chi connectivity index (χ1) is 11.6. The van der Waals surface area contributed by atoms with Gasteiger partial charge < -0.3 is 5.32 Å². The van der Waals surface area contributed by atoms with Crippen LogP contribution < -0.4 is 5.32 Å². The van der Waals surface area contributed by atoms with Crippen LogP contribution >= 0.6 is 34.7 Å². The Balaban J connectivity index is 1.63. The van der Waals surface area contributed by atoms with Gasteiger partial charge in [-0.1, -0.05) is 11.6 Å². The van der Waals surface area contributed by atoms with E-state index in [0.29, 0.717) is 10.6 Å². The lowest BCUT2D eigenvalue weighted by Crippen LogP contribution is -2.12. The monoisotopic (exact) mass is 374 g/mol. The molecule has 2 aromatic carbocycles. The molecule has 122 valence electrons. The molecule has 24 heavy (non-hydrogen) atoms. The van der Waals surface area contributed by atoms with Crippen LogP contribution in [0.4, 0.5) is 5.69 Å². The van der Waals surface area contributed by atoms with Crippen molar-refractivity contribution in [1.82, 2.24) is 4.98 Å². The Kier molecular flexibility index (Phi) is 5.56. The standard InChI is InChI=1S/C18H15ClN2OS2/c1-12-8-14(19)4-7-17(12)21-18(22)13-2-5-16(6-3-13)24-10-15-9-23-11-20-15/h2-9,11H,10H2,1H3,(H,21,22). The molecule has 0 spiro atoms. The molecule has 1 heterocycles. The number of thioether (sulfide) groups is 1. The Bertz CT molecular complexity index is 833. The number of hydrogen-bond donors (Lipinski definition) is 1. The smallest absolute Gasteiger partial charge is 0.255 e. The van der Waals surface area contributed by atoms with Crippen LogP contribution in [-0.2, 0) is 5.75 Å². The lowest BCUT2D eigenvalue weighted by atomic mass is 10.1. The van der Waals surface area contributed by atoms with Gasteiger partial charge in [0.05, 0.1) is 11.2 Å². The molecule has 0 unspecified atom stereocenters. The average Bonchev–Trinajstić information content (AvgIpc) is 3.09. The second-order valence-electron chi connectivity index (χ2n) is 5.21. The quantitative estimate of drug-likeness (QED) is 0.587. The minimum absolute atomic E-state index is 0.128. The number of aromatic nitrogens is 1. The highest BCUT2D eigenvalue weighted by Crippen LogP contribution is 2.24. The molecule has 0 aliphatic carbocycles. The number of hydrogen-bond acceptors (Lipinski definition) is 4. The second kappa shape index (κ2) is 7.83. The van der Waals surface area contributed by atoms with Crippen molar-refractivity contribution in [3.05, 3.63) is 75.2 Å². The van der Waals surface area contributed by atoms with Crippen LogP contribution in [-0.4, -0.2) is 10.9 Å². The van der Waals surface area contributed by atoms with Crippen molar-refractivity contribution in [3.8, 4) is 0 Å². The maximum Gasteiger partial charge on any atom is 0.255 e. The first-order valence-electron chi connectivity index (χ1n) is 7.29. The van der Waals surface area contributed by atoms with Crippen LogP contribution in [0, 0.1) is 6.92 Å². The molecule has 0 bridgehead atoms. The fraction of sp³-hybridized carbons (Fsp3) is 0.111. The summed E-state index contributed by atoms with van der Waals surface area (Å²) in [6.07, 6.45) is 0. The van der Waals surface area contributed by atoms with Gasteiger partial charge in [0.1, 0.15) is 0 Å². The zero-order valence-corrected chi connectivity index (χ0v) is 15.3. The molecule has 0 fully saturated rings. The van der Waals surface area contributed by atoms with E-state index in [0.717, 1.165) is 27.6 Å². The highest BCUT2D eigenvalue weighted by molar-refractivity contribution is 7.98. The number of nitrogens with one attached hydrogen (secondary N) is 1. The van der Waals surface area contributed by atoms with Gasteiger partial charge in [-0.2, -0.15) is 0 Å². The summed E-state index contributed by atoms with van der Waals surface area (Å²) in [5.74, 6) is 0.704. The van der Waals surface area contributed by atoms with Crippen molar-refractivity contribution in [1.29, 1.82) is 0 Å². The molecule has 0 saturated carbocycles. The van der Waals surface area contributed by atoms with E-state index in [2.05, 4.69) is 10.3 Å². The maximum atomic E-state index is 12.3. The van der Waals surface area contributed by atoms with E-state index in [1.54, 1.807) is 29.2 Å². The third-order valence-corrected chi connectivity index (χ3v) is 5.34. The molecule has 0 saturated heterocycles. The van der Waals surface area contributed by atoms with Crippen LogP contribution in [0.15, 0.2) is 58.3 Å². The van der Waals surface area contributed by atoms with Crippen molar-refractivity contribution >= 4 is 46.3 Å². The largest absolute Gasteiger partial charge is 0.322 e. The van der Waals surface area contributed by atoms with Crippen molar-refractivity contribution in [2.75, 3.05) is 5.32 Å². The number of carbonyl (C=O) groups excluding carboxylic acids is 1. The van der Waals surface area contributed by atoms with E-state index in [1.807, 2.05) is 54.2 Å². The van der Waals surface area contributed by atoms with Gasteiger partial charge in [0, 0.05) is 32.3 Å². The minimum Gasteiger partial charge on any atom is -0.322 e. The predicted molar refractivity (Wildman–Crippen MR) is 102 cm³/mol. The van der Waals surface area contributed by atoms with Gasteiger partial charge >= 0.3 is 0 Å². The topological polar surface area (TPSA) is 42.0 Å². The summed E-state index contributed by atoms with van der Waals surface area (Å²) >= 11 is 9.24. The Labute approximate surface area is 154 Å². The summed E-state index contributed by atoms with van der Waals surface area (Å²) in [4.78, 5) is 17.7. The Hall–Kier alpha value is -1.82. The van der Waals surface area contributed by atoms with Gasteiger partial charge in [-0.15, -0.1) is 23.1 Å². The molecule has 0 radical (unpaired) electrons. The summed E-state index contributed by atoms with van der Waals surface area (Å²) in [6.45, 7) is 1.92. The summed E-state index contributed by atoms with van der Waals surface area (Å²) in [5.41, 5.74) is 5.24. The number of anilines is 1. The number of carbonyl (C=O) groups is 1. The van der Waals surface area contributed by atoms with E-state index in [9.17, 15) is 4.79 Å². The third-order valence-electron chi connectivity index (χ3n) is 3.42. The molecular weight excluding hydrogens is 360 g/mol. The Morgan fingerprint density at radius 3 is 2.71 bits per heavy atom. The highest BCUT2D eigenvalue weighted by atomic mass is 35.5. The summed E-state index contributed by atoms with van der Waals surface area (Å²) in [6, 6.07) is 13.0. The molecule has 3 aromatic rings. The maximum absolute atomic E-state index is 12.3. The van der Waals surface area contributed by atoms with Crippen LogP contribution in [0.25, 0.3) is 0 Å². The van der Waals surface area contributed by atoms with Crippen molar-refractivity contribution in [2.24, 2.45) is 0 Å². The number of thiazole rings is 1. The number of nitrogens with zero attached hydrogens (tertiary/aromatic N) is 1. The van der Waals surface area contributed by atoms with Crippen molar-refractivity contribution < 1.29 is 4.79 Å². The van der Waals surface area contributed by atoms with E-state index < -0.39 is 0 Å². The Morgan fingerprint density at radius 1 is 1.25 bits per heavy atom. The second-order valence-corrected chi connectivity index (χ2v) is 7.41. The SMILES string of the molecule is Cc1cc(Cl)ccc1NC(=O)c1ccc(SCc2cscn2)cc1. The molecule has 3 rings (SSSR count). The lowest BCUT2D eigenvalue weighted by Gasteiger charge is -2.09. The van der Waals surface area contributed by atoms with E-state index in [1.165, 1.54) is 0 Å². The van der Waals surface area contributed by atoms with Gasteiger partial charge in [-0.05, 0) is 55.0 Å². The van der Waals surface area contributed by atoms with Crippen LogP contribution in [0.2, 0.25) is 5.02 Å². The molecule has 1 aromatic heterocycles. The Morgan fingerprint density at radius 2 is 2.04 bits per heavy atom. The fourth-order valence-electron chi connectivity index (χ4n) is 2.13. The van der Waals surface area contributed by atoms with Crippen molar-refractivity contribution in [3.63, 3.8) is 0 Å². The summed E-state index contributed by atoms with van der Waals surface area (Å²) < 4.78 is 0. The number of amides is 1. The molecule has 3 nitrogen and oxygen atoms in total. The zero-order chi connectivity index (χ0) is 16.9. The van der Waals surface area contributed by atoms with E-state index >= 15 is 0 Å². The molecule has 1 N–H and O–H groups in total. The molecular formula is C18H15ClN2OS2. The van der Waals surface area contributed by atoms with Crippen LogP contribution in [0.5, 0.6) is 0 Å². The van der Waals surface area contributed by atoms with Gasteiger partial charge in [0.25, 0.3) is 5.91 Å². The number of aryl methyl sites for hydroxylation is 1. The molecule has 0 aliphatic heterocycles. The summed E-state index contributed by atoms with van der Waals surface area (Å²) in [7, 11) is 0. The minimum atomic E-state index is -0.128. The third kappa shape index (κ3) is 4.38. The van der Waals surface area contributed by atoms with Gasteiger partial charge in [0.2, 0.25) is 0 Å². The van der Waals surface area contributed by atoms with Gasteiger partial charge in [-0.3, -0.25) is 4.79 Å². The number of benzene rings is 2. The highest BCUT2D eigenvalue weighted by Gasteiger charge is 2.08. The molecule has 0 atom stereocenters. The van der Waals surface area contributed by atoms with Crippen LogP contribution in [0.1, 0.15) is 21.6 Å². The molecule has 0 aliphatic rings. The van der Waals surface area contributed by atoms with Crippen molar-refractivity contribution in [2.45, 2.75) is 17.6 Å². The predicted octanol–water partition coefficient (Wildman–Crippen LogP) is 5.65.